The minimum Gasteiger partial charge on any atom is -0.462 e. The summed E-state index contributed by atoms with van der Waals surface area (Å²) in [6.07, 6.45) is 5.06. The zero-order valence-corrected chi connectivity index (χ0v) is 18.2. The molecule has 1 aromatic carbocycles. The third-order valence-corrected chi connectivity index (χ3v) is 6.30. The normalized spacial score (nSPS) is 16.9. The first kappa shape index (κ1) is 20.4. The standard InChI is InChI=1S/C22H20Cl2N4O3/c23-13-7-14-19(29)12(11-31-20(14)16(24)8-13)9-28-6-4-17-15(10-28)22(30)27-21(26-17)18-3-1-2-5-25-18/h7-8,11H,1-6,9-10H2,(H,26,27,30). The molecule has 0 unspecified atom stereocenters. The second-order valence-corrected chi connectivity index (χ2v) is 8.78. The van der Waals surface area contributed by atoms with Gasteiger partial charge in [-0.25, -0.2) is 4.98 Å². The summed E-state index contributed by atoms with van der Waals surface area (Å²) >= 11 is 12.2. The van der Waals surface area contributed by atoms with Crippen LogP contribution in [0.2, 0.25) is 10.0 Å². The van der Waals surface area contributed by atoms with E-state index < -0.39 is 0 Å². The number of fused-ring (bicyclic) bond motifs is 2. The minimum absolute atomic E-state index is 0.137. The molecule has 0 bridgehead atoms. The molecule has 0 saturated carbocycles. The summed E-state index contributed by atoms with van der Waals surface area (Å²) in [5.41, 5.74) is 2.85. The van der Waals surface area contributed by atoms with Crippen LogP contribution in [0, 0.1) is 0 Å². The van der Waals surface area contributed by atoms with Crippen LogP contribution < -0.4 is 11.0 Å². The summed E-state index contributed by atoms with van der Waals surface area (Å²) in [7, 11) is 0. The van der Waals surface area contributed by atoms with E-state index >= 15 is 0 Å². The number of hydrogen-bond acceptors (Lipinski definition) is 6. The van der Waals surface area contributed by atoms with Gasteiger partial charge in [0.15, 0.2) is 16.8 Å². The smallest absolute Gasteiger partial charge is 0.255 e. The summed E-state index contributed by atoms with van der Waals surface area (Å²) in [4.78, 5) is 39.9. The van der Waals surface area contributed by atoms with Gasteiger partial charge in [-0.1, -0.05) is 23.2 Å². The van der Waals surface area contributed by atoms with Crippen molar-refractivity contribution >= 4 is 39.9 Å². The Labute approximate surface area is 187 Å². The molecule has 4 heterocycles. The first-order chi connectivity index (χ1) is 15.0. The van der Waals surface area contributed by atoms with Crippen LogP contribution in [-0.2, 0) is 19.5 Å². The quantitative estimate of drug-likeness (QED) is 0.645. The molecule has 160 valence electrons. The van der Waals surface area contributed by atoms with Crippen molar-refractivity contribution in [1.29, 1.82) is 0 Å². The molecule has 0 amide bonds. The lowest BCUT2D eigenvalue weighted by Crippen LogP contribution is -2.37. The van der Waals surface area contributed by atoms with Gasteiger partial charge in [0, 0.05) is 43.2 Å². The number of aliphatic imine (C=N–C) groups is 1. The first-order valence-corrected chi connectivity index (χ1v) is 11.0. The largest absolute Gasteiger partial charge is 0.462 e. The van der Waals surface area contributed by atoms with Crippen molar-refractivity contribution in [2.75, 3.05) is 13.1 Å². The van der Waals surface area contributed by atoms with Gasteiger partial charge in [-0.2, -0.15) is 0 Å². The Kier molecular flexibility index (Phi) is 5.42. The van der Waals surface area contributed by atoms with Crippen LogP contribution in [0.25, 0.3) is 11.0 Å². The van der Waals surface area contributed by atoms with E-state index in [1.54, 1.807) is 12.1 Å². The number of aromatic amines is 1. The Bertz CT molecular complexity index is 1330. The molecule has 7 nitrogen and oxygen atoms in total. The molecule has 0 saturated heterocycles. The van der Waals surface area contributed by atoms with Gasteiger partial charge in [0.2, 0.25) is 0 Å². The lowest BCUT2D eigenvalue weighted by atomic mass is 10.0. The molecule has 3 aromatic rings. The van der Waals surface area contributed by atoms with Crippen LogP contribution in [0.15, 0.2) is 37.4 Å². The van der Waals surface area contributed by atoms with Gasteiger partial charge in [0.05, 0.1) is 33.6 Å². The summed E-state index contributed by atoms with van der Waals surface area (Å²) in [6.45, 7) is 2.24. The molecule has 0 fully saturated rings. The van der Waals surface area contributed by atoms with Gasteiger partial charge in [-0.3, -0.25) is 19.5 Å². The number of nitrogens with zero attached hydrogens (tertiary/aromatic N) is 3. The second-order valence-electron chi connectivity index (χ2n) is 7.94. The van der Waals surface area contributed by atoms with E-state index in [4.69, 9.17) is 32.6 Å². The maximum Gasteiger partial charge on any atom is 0.255 e. The van der Waals surface area contributed by atoms with E-state index in [0.29, 0.717) is 64.0 Å². The van der Waals surface area contributed by atoms with Crippen molar-refractivity contribution in [3.63, 3.8) is 0 Å². The SMILES string of the molecule is O=c1[nH]c(C2=NCCCC2)nc2c1CN(Cc1coc3c(Cl)cc(Cl)cc3c1=O)CC2. The highest BCUT2D eigenvalue weighted by Crippen LogP contribution is 2.27. The number of H-pyrrole nitrogens is 1. The van der Waals surface area contributed by atoms with E-state index in [1.165, 1.54) is 6.26 Å². The molecule has 1 N–H and O–H groups in total. The second kappa shape index (κ2) is 8.22. The topological polar surface area (TPSA) is 91.6 Å². The number of hydrogen-bond donors (Lipinski definition) is 1. The lowest BCUT2D eigenvalue weighted by molar-refractivity contribution is 0.239. The lowest BCUT2D eigenvalue weighted by Gasteiger charge is -2.27. The fraction of sp³-hybridized carbons (Fsp3) is 0.364. The fourth-order valence-corrected chi connectivity index (χ4v) is 4.74. The molecular weight excluding hydrogens is 439 g/mol. The molecule has 5 rings (SSSR count). The Morgan fingerprint density at radius 1 is 1.16 bits per heavy atom. The van der Waals surface area contributed by atoms with Crippen LogP contribution >= 0.6 is 23.2 Å². The van der Waals surface area contributed by atoms with Gasteiger partial charge in [-0.15, -0.1) is 0 Å². The molecule has 9 heteroatoms. The van der Waals surface area contributed by atoms with Crippen LogP contribution in [0.5, 0.6) is 0 Å². The predicted molar refractivity (Wildman–Crippen MR) is 120 cm³/mol. The van der Waals surface area contributed by atoms with E-state index in [-0.39, 0.29) is 11.0 Å². The average Bonchev–Trinajstić information content (AvgIpc) is 2.77. The van der Waals surface area contributed by atoms with Gasteiger partial charge in [0.25, 0.3) is 5.56 Å². The van der Waals surface area contributed by atoms with Crippen molar-refractivity contribution in [2.24, 2.45) is 4.99 Å². The Balaban J connectivity index is 1.41. The summed E-state index contributed by atoms with van der Waals surface area (Å²) in [5.74, 6) is 0.598. The van der Waals surface area contributed by atoms with Gasteiger partial charge < -0.3 is 9.40 Å². The Hall–Kier alpha value is -2.48. The van der Waals surface area contributed by atoms with E-state index in [0.717, 1.165) is 37.2 Å². The highest BCUT2D eigenvalue weighted by molar-refractivity contribution is 6.38. The zero-order valence-electron chi connectivity index (χ0n) is 16.7. The van der Waals surface area contributed by atoms with Crippen molar-refractivity contribution in [1.82, 2.24) is 14.9 Å². The zero-order chi connectivity index (χ0) is 21.5. The fourth-order valence-electron chi connectivity index (χ4n) is 4.20. The van der Waals surface area contributed by atoms with Crippen LogP contribution in [-0.4, -0.2) is 33.7 Å². The van der Waals surface area contributed by atoms with Crippen molar-refractivity contribution in [3.05, 3.63) is 71.7 Å². The predicted octanol–water partition coefficient (Wildman–Crippen LogP) is 3.71. The van der Waals surface area contributed by atoms with E-state index in [9.17, 15) is 9.59 Å². The number of halogens is 2. The van der Waals surface area contributed by atoms with Gasteiger partial charge in [0.1, 0.15) is 0 Å². The van der Waals surface area contributed by atoms with Crippen molar-refractivity contribution in [2.45, 2.75) is 38.8 Å². The molecule has 2 aliphatic heterocycles. The third-order valence-electron chi connectivity index (χ3n) is 5.80. The molecule has 2 aromatic heterocycles. The van der Waals surface area contributed by atoms with Gasteiger partial charge >= 0.3 is 0 Å². The molecule has 2 aliphatic rings. The molecule has 0 aliphatic carbocycles. The average molecular weight is 459 g/mol. The summed E-state index contributed by atoms with van der Waals surface area (Å²) < 4.78 is 5.62. The maximum absolute atomic E-state index is 12.9. The Morgan fingerprint density at radius 3 is 2.84 bits per heavy atom. The maximum atomic E-state index is 12.9. The van der Waals surface area contributed by atoms with Crippen LogP contribution in [0.4, 0.5) is 0 Å². The Morgan fingerprint density at radius 2 is 2.03 bits per heavy atom. The summed E-state index contributed by atoms with van der Waals surface area (Å²) in [5, 5.41) is 1.03. The third kappa shape index (κ3) is 3.93. The summed E-state index contributed by atoms with van der Waals surface area (Å²) in [6, 6.07) is 3.11. The number of rotatable bonds is 3. The molecular formula is C22H20Cl2N4O3. The van der Waals surface area contributed by atoms with Crippen molar-refractivity contribution < 1.29 is 4.42 Å². The number of nitrogens with one attached hydrogen (secondary N) is 1. The molecule has 0 atom stereocenters. The highest BCUT2D eigenvalue weighted by atomic mass is 35.5. The van der Waals surface area contributed by atoms with Crippen LogP contribution in [0.1, 0.15) is 41.9 Å². The minimum atomic E-state index is -0.172. The van der Waals surface area contributed by atoms with E-state index in [2.05, 4.69) is 9.98 Å². The van der Waals surface area contributed by atoms with Gasteiger partial charge in [-0.05, 0) is 31.4 Å². The monoisotopic (exact) mass is 458 g/mol. The van der Waals surface area contributed by atoms with Crippen molar-refractivity contribution in [3.8, 4) is 0 Å². The van der Waals surface area contributed by atoms with Crippen LogP contribution in [0.3, 0.4) is 0 Å². The molecule has 31 heavy (non-hydrogen) atoms. The molecule has 0 radical (unpaired) electrons. The first-order valence-electron chi connectivity index (χ1n) is 10.3. The molecule has 0 spiro atoms. The number of aromatic nitrogens is 2. The highest BCUT2D eigenvalue weighted by Gasteiger charge is 2.24. The van der Waals surface area contributed by atoms with E-state index in [1.807, 2.05) is 4.90 Å². The number of benzene rings is 1.